The number of aromatic nitrogens is 3. The molecule has 0 spiro atoms. The van der Waals surface area contributed by atoms with Gasteiger partial charge >= 0.3 is 35.5 Å². The van der Waals surface area contributed by atoms with Crippen molar-refractivity contribution < 1.29 is 55.3 Å². The van der Waals surface area contributed by atoms with Gasteiger partial charge in [0.05, 0.1) is 6.20 Å². The molecule has 0 aromatic carbocycles. The third-order valence-electron chi connectivity index (χ3n) is 4.43. The van der Waals surface area contributed by atoms with E-state index in [-0.39, 0.29) is 53.2 Å². The molecule has 2 aliphatic rings. The number of oxime groups is 1. The summed E-state index contributed by atoms with van der Waals surface area (Å²) in [6, 6.07) is -0.903. The summed E-state index contributed by atoms with van der Waals surface area (Å²) in [5.41, 5.74) is 6.28. The second kappa shape index (κ2) is 11.2. The molecule has 1 saturated heterocycles. The van der Waals surface area contributed by atoms with Crippen molar-refractivity contribution >= 4 is 75.0 Å². The van der Waals surface area contributed by atoms with E-state index in [2.05, 4.69) is 25.0 Å². The number of aliphatic carboxylic acids is 1. The maximum Gasteiger partial charge on any atom is 1.00 e. The zero-order valence-corrected chi connectivity index (χ0v) is 22.5. The number of nitrogens with zero attached hydrogens (tertiary/aromatic N) is 5. The molecule has 2 aliphatic heterocycles. The number of thiazole rings is 1. The summed E-state index contributed by atoms with van der Waals surface area (Å²) in [5.74, 6) is -1.57. The van der Waals surface area contributed by atoms with Crippen molar-refractivity contribution in [3.63, 3.8) is 0 Å². The Morgan fingerprint density at radius 1 is 1.52 bits per heavy atom. The molecule has 4 N–H and O–H groups in total. The number of β-lactam (4-membered cyclic amide) rings is 1. The summed E-state index contributed by atoms with van der Waals surface area (Å²) in [4.78, 5) is 47.5. The molecule has 12 nitrogen and oxygen atoms in total. The molecule has 4 rings (SSSR count). The van der Waals surface area contributed by atoms with Crippen LogP contribution in [0.1, 0.15) is 7.12 Å². The van der Waals surface area contributed by atoms with Crippen LogP contribution in [-0.2, 0) is 19.2 Å². The first kappa shape index (κ1) is 25.9. The number of amides is 2. The average molecular weight is 538 g/mol. The van der Waals surface area contributed by atoms with Gasteiger partial charge in [-0.15, -0.1) is 40.0 Å². The molecule has 1 fully saturated rings. The number of hydrogen-bond donors (Lipinski definition) is 3. The summed E-state index contributed by atoms with van der Waals surface area (Å²) in [7, 11) is 1.28. The molecule has 2 atom stereocenters. The van der Waals surface area contributed by atoms with Gasteiger partial charge in [-0.3, -0.25) is 14.5 Å². The fourth-order valence-corrected chi connectivity index (χ4v) is 6.53. The number of carbonyl (C=O) groups excluding carboxylic acids is 2. The quantitative estimate of drug-likeness (QED) is 0.107. The van der Waals surface area contributed by atoms with E-state index in [0.717, 1.165) is 15.5 Å². The minimum atomic E-state index is -1.19. The zero-order chi connectivity index (χ0) is 22.8. The van der Waals surface area contributed by atoms with Crippen molar-refractivity contribution in [3.05, 3.63) is 28.5 Å². The van der Waals surface area contributed by atoms with Gasteiger partial charge < -0.3 is 22.4 Å². The predicted molar refractivity (Wildman–Crippen MR) is 122 cm³/mol. The number of carbonyl (C=O) groups is 3. The molecule has 2 aromatic heterocycles. The number of rotatable bonds is 8. The molecule has 0 unspecified atom stereocenters. The topological polar surface area (TPSA) is 173 Å². The Morgan fingerprint density at radius 3 is 2.91 bits per heavy atom. The Hall–Kier alpha value is -1.69. The monoisotopic (exact) mass is 537 g/mol. The number of nitrogen functional groups attached to an aromatic ring is 1. The first-order valence-corrected chi connectivity index (χ1v) is 12.5. The van der Waals surface area contributed by atoms with Crippen molar-refractivity contribution in [2.75, 3.05) is 24.3 Å². The molecule has 0 radical (unpaired) electrons. The molecule has 33 heavy (non-hydrogen) atoms. The van der Waals surface area contributed by atoms with Gasteiger partial charge in [-0.2, -0.15) is 0 Å². The van der Waals surface area contributed by atoms with E-state index in [0.29, 0.717) is 17.1 Å². The van der Waals surface area contributed by atoms with Gasteiger partial charge in [0.15, 0.2) is 10.8 Å². The SMILES string of the molecule is CO/N=C(\C(=O)N[C@@H]1C(=O)N2C(C(=O)O)=C(CSc3cnns3)CS[C@H]12)c1csc(N)n1.[H-].[Na+]. The third kappa shape index (κ3) is 5.36. The Labute approximate surface area is 227 Å². The summed E-state index contributed by atoms with van der Waals surface area (Å²) in [6.07, 6.45) is 1.60. The van der Waals surface area contributed by atoms with Gasteiger partial charge in [0.2, 0.25) is 0 Å². The normalized spacial score (nSPS) is 20.0. The minimum Gasteiger partial charge on any atom is -1.00 e. The standard InChI is InChI=1S/C16H15N7O5S4.Na.H/c1-28-21-9(7-5-31-16(17)19-7)12(24)20-10-13(25)23-11(15(26)27)6(4-30-14(10)23)3-29-8-2-18-22-32-8;;/h2,5,10,14H,3-4H2,1H3,(H2,17,19)(H,20,24)(H,26,27);;/q;+1;-1/b21-9-;;/t10-,14-;;/m1../s1. The van der Waals surface area contributed by atoms with Crippen LogP contribution in [0, 0.1) is 0 Å². The zero-order valence-electron chi connectivity index (χ0n) is 18.3. The van der Waals surface area contributed by atoms with E-state index >= 15 is 0 Å². The predicted octanol–water partition coefficient (Wildman–Crippen LogP) is -2.43. The number of nitrogens with two attached hydrogens (primary N) is 1. The van der Waals surface area contributed by atoms with Gasteiger partial charge in [-0.05, 0) is 17.1 Å². The van der Waals surface area contributed by atoms with E-state index in [1.807, 2.05) is 0 Å². The number of anilines is 1. The maximum atomic E-state index is 12.8. The molecular formula is C16H16N7NaO5S4. The second-order valence-electron chi connectivity index (χ2n) is 6.34. The molecule has 4 heterocycles. The summed E-state index contributed by atoms with van der Waals surface area (Å²) < 4.78 is 4.63. The van der Waals surface area contributed by atoms with Crippen molar-refractivity contribution in [1.29, 1.82) is 0 Å². The molecular weight excluding hydrogens is 521 g/mol. The van der Waals surface area contributed by atoms with Crippen LogP contribution >= 0.6 is 46.4 Å². The van der Waals surface area contributed by atoms with E-state index in [4.69, 9.17) is 10.6 Å². The molecule has 0 aliphatic carbocycles. The largest absolute Gasteiger partial charge is 1.00 e. The number of carboxylic acid groups (broad SMARTS) is 1. The molecule has 170 valence electrons. The number of hydrogen-bond acceptors (Lipinski definition) is 13. The number of nitrogens with one attached hydrogen (secondary N) is 1. The summed E-state index contributed by atoms with van der Waals surface area (Å²) in [5, 5.41) is 21.1. The van der Waals surface area contributed by atoms with Gasteiger partial charge in [-0.25, -0.2) is 9.78 Å². The fraction of sp³-hybridized carbons (Fsp3) is 0.312. The van der Waals surface area contributed by atoms with E-state index in [1.165, 1.54) is 47.1 Å². The molecule has 2 aromatic rings. The number of carboxylic acids is 1. The molecule has 17 heteroatoms. The Bertz CT molecular complexity index is 1130. The van der Waals surface area contributed by atoms with Crippen molar-refractivity contribution in [2.45, 2.75) is 15.6 Å². The Kier molecular flexibility index (Phi) is 8.76. The Balaban J connectivity index is 0.00000204. The van der Waals surface area contributed by atoms with Gasteiger partial charge in [-0.1, -0.05) is 9.64 Å². The van der Waals surface area contributed by atoms with Crippen LogP contribution in [0.25, 0.3) is 0 Å². The van der Waals surface area contributed by atoms with Crippen LogP contribution in [0.15, 0.2) is 32.2 Å². The smallest absolute Gasteiger partial charge is 1.00 e. The molecule has 2 amide bonds. The van der Waals surface area contributed by atoms with Gasteiger partial charge in [0.25, 0.3) is 11.8 Å². The van der Waals surface area contributed by atoms with Crippen molar-refractivity contribution in [1.82, 2.24) is 24.8 Å². The fourth-order valence-electron chi connectivity index (χ4n) is 3.08. The maximum absolute atomic E-state index is 12.8. The van der Waals surface area contributed by atoms with Crippen LogP contribution in [0.3, 0.4) is 0 Å². The molecule has 0 saturated carbocycles. The molecule has 0 bridgehead atoms. The van der Waals surface area contributed by atoms with Crippen molar-refractivity contribution in [3.8, 4) is 0 Å². The van der Waals surface area contributed by atoms with E-state index in [1.54, 1.807) is 11.6 Å². The Morgan fingerprint density at radius 2 is 2.30 bits per heavy atom. The minimum absolute atomic E-state index is 0. The average Bonchev–Trinajstić information content (AvgIpc) is 3.45. The van der Waals surface area contributed by atoms with E-state index < -0.39 is 29.2 Å². The summed E-state index contributed by atoms with van der Waals surface area (Å²) >= 11 is 5.14. The van der Waals surface area contributed by atoms with Crippen LogP contribution < -0.4 is 40.6 Å². The van der Waals surface area contributed by atoms with Crippen LogP contribution in [0.5, 0.6) is 0 Å². The number of thioether (sulfide) groups is 2. The van der Waals surface area contributed by atoms with Crippen LogP contribution in [0.2, 0.25) is 0 Å². The second-order valence-corrected chi connectivity index (χ2v) is 10.4. The van der Waals surface area contributed by atoms with Crippen LogP contribution in [-0.4, -0.2) is 78.1 Å². The third-order valence-corrected chi connectivity index (χ3v) is 8.36. The van der Waals surface area contributed by atoms with Gasteiger partial charge in [0.1, 0.15) is 34.1 Å². The van der Waals surface area contributed by atoms with Crippen molar-refractivity contribution in [2.24, 2.45) is 5.16 Å². The van der Waals surface area contributed by atoms with E-state index in [9.17, 15) is 19.5 Å². The number of fused-ring (bicyclic) bond motifs is 1. The van der Waals surface area contributed by atoms with Crippen LogP contribution in [0.4, 0.5) is 5.13 Å². The van der Waals surface area contributed by atoms with Gasteiger partial charge in [0, 0.05) is 16.9 Å². The first-order chi connectivity index (χ1) is 15.4. The summed E-state index contributed by atoms with van der Waals surface area (Å²) in [6.45, 7) is 0. The first-order valence-electron chi connectivity index (χ1n) is 8.84.